The molecule has 0 N–H and O–H groups in total. The van der Waals surface area contributed by atoms with Crippen LogP contribution in [-0.2, 0) is 13.6 Å². The predicted octanol–water partition coefficient (Wildman–Crippen LogP) is 1.38. The Morgan fingerprint density at radius 1 is 1.35 bits per heavy atom. The van der Waals surface area contributed by atoms with E-state index in [-0.39, 0.29) is 18.1 Å². The van der Waals surface area contributed by atoms with Crippen molar-refractivity contribution < 1.29 is 9.13 Å². The lowest BCUT2D eigenvalue weighted by atomic mass is 10.2. The molecule has 0 aliphatic carbocycles. The Morgan fingerprint density at radius 3 is 2.65 bits per heavy atom. The van der Waals surface area contributed by atoms with Crippen LogP contribution in [-0.4, -0.2) is 16.2 Å². The Kier molecular flexibility index (Phi) is 2.99. The highest BCUT2D eigenvalue weighted by Gasteiger charge is 2.07. The topological polar surface area (TPSA) is 36.2 Å². The Bertz CT molecular complexity index is 586. The van der Waals surface area contributed by atoms with Gasteiger partial charge in [-0.05, 0) is 6.07 Å². The summed E-state index contributed by atoms with van der Waals surface area (Å²) in [6.45, 7) is 0.218. The minimum atomic E-state index is -0.375. The van der Waals surface area contributed by atoms with Gasteiger partial charge >= 0.3 is 5.69 Å². The third-order valence-electron chi connectivity index (χ3n) is 2.62. The maximum atomic E-state index is 13.7. The maximum absolute atomic E-state index is 13.7. The zero-order valence-corrected chi connectivity index (χ0v) is 9.68. The fraction of sp³-hybridized carbons (Fsp3) is 0.250. The van der Waals surface area contributed by atoms with Crippen LogP contribution >= 0.6 is 0 Å². The second-order valence-electron chi connectivity index (χ2n) is 3.78. The quantitative estimate of drug-likeness (QED) is 0.807. The number of halogens is 1. The fourth-order valence-corrected chi connectivity index (χ4v) is 1.60. The molecule has 1 aromatic carbocycles. The van der Waals surface area contributed by atoms with Gasteiger partial charge in [-0.1, -0.05) is 6.07 Å². The summed E-state index contributed by atoms with van der Waals surface area (Å²) in [6.07, 6.45) is 3.27. The van der Waals surface area contributed by atoms with Gasteiger partial charge in [-0.25, -0.2) is 9.18 Å². The Hall–Kier alpha value is -2.04. The van der Waals surface area contributed by atoms with Gasteiger partial charge in [-0.2, -0.15) is 0 Å². The summed E-state index contributed by atoms with van der Waals surface area (Å²) in [5.74, 6) is 0.0896. The summed E-state index contributed by atoms with van der Waals surface area (Å²) in [5, 5.41) is 0. The highest BCUT2D eigenvalue weighted by atomic mass is 19.1. The number of aromatic nitrogens is 2. The first-order valence-electron chi connectivity index (χ1n) is 5.16. The molecule has 0 saturated carbocycles. The van der Waals surface area contributed by atoms with E-state index in [4.69, 9.17) is 4.74 Å². The lowest BCUT2D eigenvalue weighted by molar-refractivity contribution is 0.410. The van der Waals surface area contributed by atoms with Crippen molar-refractivity contribution >= 4 is 0 Å². The monoisotopic (exact) mass is 236 g/mol. The largest absolute Gasteiger partial charge is 0.497 e. The van der Waals surface area contributed by atoms with E-state index in [2.05, 4.69) is 0 Å². The molecule has 0 fully saturated rings. The number of ether oxygens (including phenoxy) is 1. The van der Waals surface area contributed by atoms with E-state index in [1.54, 1.807) is 31.6 Å². The van der Waals surface area contributed by atoms with Gasteiger partial charge in [0.15, 0.2) is 0 Å². The summed E-state index contributed by atoms with van der Waals surface area (Å²) in [5.41, 5.74) is 0.291. The number of rotatable bonds is 3. The number of hydrogen-bond donors (Lipinski definition) is 0. The fourth-order valence-electron chi connectivity index (χ4n) is 1.60. The number of benzene rings is 1. The first-order chi connectivity index (χ1) is 8.11. The van der Waals surface area contributed by atoms with Crippen LogP contribution in [0.1, 0.15) is 5.56 Å². The lowest BCUT2D eigenvalue weighted by Gasteiger charge is -2.05. The van der Waals surface area contributed by atoms with Gasteiger partial charge in [0.1, 0.15) is 11.6 Å². The van der Waals surface area contributed by atoms with Crippen molar-refractivity contribution in [1.82, 2.24) is 9.13 Å². The molecule has 0 unspecified atom stereocenters. The molecule has 0 atom stereocenters. The number of imidazole rings is 1. The van der Waals surface area contributed by atoms with Gasteiger partial charge in [0.2, 0.25) is 0 Å². The summed E-state index contributed by atoms with van der Waals surface area (Å²) in [6, 6.07) is 4.60. The summed E-state index contributed by atoms with van der Waals surface area (Å²) in [4.78, 5) is 11.6. The summed E-state index contributed by atoms with van der Waals surface area (Å²) < 4.78 is 21.5. The van der Waals surface area contributed by atoms with Crippen molar-refractivity contribution in [3.8, 4) is 5.75 Å². The molecule has 0 spiro atoms. The second kappa shape index (κ2) is 4.45. The average Bonchev–Trinajstić information content (AvgIpc) is 2.63. The number of nitrogens with zero attached hydrogens (tertiary/aromatic N) is 2. The zero-order chi connectivity index (χ0) is 12.4. The van der Waals surface area contributed by atoms with Crippen LogP contribution in [0.15, 0.2) is 35.4 Å². The van der Waals surface area contributed by atoms with Crippen LogP contribution in [0, 0.1) is 5.82 Å². The van der Waals surface area contributed by atoms with Crippen LogP contribution in [0.4, 0.5) is 4.39 Å². The molecule has 5 heteroatoms. The van der Waals surface area contributed by atoms with Crippen molar-refractivity contribution in [2.24, 2.45) is 7.05 Å². The highest BCUT2D eigenvalue weighted by Crippen LogP contribution is 2.16. The second-order valence-corrected chi connectivity index (χ2v) is 3.78. The summed E-state index contributed by atoms with van der Waals surface area (Å²) in [7, 11) is 3.14. The molecule has 0 amide bonds. The molecule has 4 nitrogen and oxygen atoms in total. The average molecular weight is 236 g/mol. The van der Waals surface area contributed by atoms with E-state index in [1.807, 2.05) is 0 Å². The molecule has 90 valence electrons. The molecule has 2 rings (SSSR count). The van der Waals surface area contributed by atoms with Gasteiger partial charge in [0, 0.05) is 31.1 Å². The van der Waals surface area contributed by atoms with Crippen molar-refractivity contribution in [2.75, 3.05) is 7.11 Å². The van der Waals surface area contributed by atoms with Gasteiger partial charge in [0.05, 0.1) is 13.7 Å². The molecule has 0 aliphatic rings. The van der Waals surface area contributed by atoms with E-state index in [0.717, 1.165) is 0 Å². The molecule has 0 bridgehead atoms. The third-order valence-corrected chi connectivity index (χ3v) is 2.62. The molecule has 2 aromatic rings. The lowest BCUT2D eigenvalue weighted by Crippen LogP contribution is -2.22. The minimum absolute atomic E-state index is 0.166. The first-order valence-corrected chi connectivity index (χ1v) is 5.16. The van der Waals surface area contributed by atoms with Crippen LogP contribution in [0.5, 0.6) is 5.75 Å². The zero-order valence-electron chi connectivity index (χ0n) is 9.68. The minimum Gasteiger partial charge on any atom is -0.497 e. The van der Waals surface area contributed by atoms with E-state index in [1.165, 1.54) is 22.3 Å². The van der Waals surface area contributed by atoms with Gasteiger partial charge in [0.25, 0.3) is 0 Å². The van der Waals surface area contributed by atoms with E-state index in [9.17, 15) is 9.18 Å². The molecule has 0 saturated heterocycles. The number of hydrogen-bond acceptors (Lipinski definition) is 2. The smallest absolute Gasteiger partial charge is 0.328 e. The van der Waals surface area contributed by atoms with Crippen molar-refractivity contribution in [3.63, 3.8) is 0 Å². The maximum Gasteiger partial charge on any atom is 0.328 e. The van der Waals surface area contributed by atoms with Crippen molar-refractivity contribution in [2.45, 2.75) is 6.54 Å². The Labute approximate surface area is 97.9 Å². The van der Waals surface area contributed by atoms with Crippen LogP contribution in [0.3, 0.4) is 0 Å². The SMILES string of the molecule is COc1ccc(Cn2ccn(C)c2=O)c(F)c1. The molecule has 1 aromatic heterocycles. The van der Waals surface area contributed by atoms with E-state index in [0.29, 0.717) is 11.3 Å². The van der Waals surface area contributed by atoms with Gasteiger partial charge < -0.3 is 9.30 Å². The van der Waals surface area contributed by atoms with Crippen molar-refractivity contribution in [1.29, 1.82) is 0 Å². The van der Waals surface area contributed by atoms with Crippen LogP contribution in [0.25, 0.3) is 0 Å². The molecular weight excluding hydrogens is 223 g/mol. The third kappa shape index (κ3) is 2.22. The van der Waals surface area contributed by atoms with Crippen molar-refractivity contribution in [3.05, 3.63) is 52.5 Å². The summed E-state index contributed by atoms with van der Waals surface area (Å²) >= 11 is 0. The Balaban J connectivity index is 2.30. The molecule has 17 heavy (non-hydrogen) atoms. The predicted molar refractivity (Wildman–Crippen MR) is 61.7 cm³/mol. The molecule has 0 aliphatic heterocycles. The molecular formula is C12H13FN2O2. The standard InChI is InChI=1S/C12H13FN2O2/c1-14-5-6-15(12(14)16)8-9-3-4-10(17-2)7-11(9)13/h3-7H,8H2,1-2H3. The normalized spacial score (nSPS) is 10.5. The van der Waals surface area contributed by atoms with Gasteiger partial charge in [-0.3, -0.25) is 4.57 Å². The number of aryl methyl sites for hydroxylation is 1. The van der Waals surface area contributed by atoms with Crippen LogP contribution in [0.2, 0.25) is 0 Å². The number of methoxy groups -OCH3 is 1. The highest BCUT2D eigenvalue weighted by molar-refractivity contribution is 5.29. The van der Waals surface area contributed by atoms with Gasteiger partial charge in [-0.15, -0.1) is 0 Å². The van der Waals surface area contributed by atoms with Crippen LogP contribution < -0.4 is 10.4 Å². The van der Waals surface area contributed by atoms with E-state index < -0.39 is 0 Å². The van der Waals surface area contributed by atoms with E-state index >= 15 is 0 Å². The Morgan fingerprint density at radius 2 is 2.12 bits per heavy atom. The molecule has 1 heterocycles. The first kappa shape index (κ1) is 11.4. The molecule has 0 radical (unpaired) electrons.